The van der Waals surface area contributed by atoms with Gasteiger partial charge in [0.2, 0.25) is 5.89 Å². The normalized spacial score (nSPS) is 10.4. The van der Waals surface area contributed by atoms with E-state index >= 15 is 0 Å². The van der Waals surface area contributed by atoms with Gasteiger partial charge in [-0.3, -0.25) is 0 Å². The van der Waals surface area contributed by atoms with E-state index in [0.29, 0.717) is 23.9 Å². The first-order chi connectivity index (χ1) is 7.65. The van der Waals surface area contributed by atoms with Crippen molar-refractivity contribution in [2.75, 3.05) is 11.1 Å². The molecule has 0 unspecified atom stereocenters. The number of rotatable bonds is 3. The summed E-state index contributed by atoms with van der Waals surface area (Å²) in [4.78, 5) is 4.10. The lowest BCUT2D eigenvalue weighted by atomic mass is 10.2. The second-order valence-electron chi connectivity index (χ2n) is 3.67. The van der Waals surface area contributed by atoms with E-state index in [1.54, 1.807) is 6.92 Å². The average Bonchev–Trinajstić information content (AvgIpc) is 2.66. The van der Waals surface area contributed by atoms with Gasteiger partial charge in [0.15, 0.2) is 5.82 Å². The highest BCUT2D eigenvalue weighted by Gasteiger charge is 2.03. The van der Waals surface area contributed by atoms with Crippen LogP contribution in [-0.2, 0) is 6.54 Å². The molecule has 0 atom stereocenters. The molecule has 5 nitrogen and oxygen atoms in total. The van der Waals surface area contributed by atoms with Gasteiger partial charge in [0.25, 0.3) is 0 Å². The lowest BCUT2D eigenvalue weighted by Gasteiger charge is -2.07. The average molecular weight is 218 g/mol. The molecule has 2 aromatic rings. The van der Waals surface area contributed by atoms with Gasteiger partial charge in [-0.1, -0.05) is 11.2 Å². The van der Waals surface area contributed by atoms with E-state index < -0.39 is 0 Å². The Hall–Kier alpha value is -2.04. The molecule has 0 aliphatic rings. The summed E-state index contributed by atoms with van der Waals surface area (Å²) in [6.07, 6.45) is 0. The molecule has 0 amide bonds. The number of nitrogens with one attached hydrogen (secondary N) is 1. The zero-order valence-electron chi connectivity index (χ0n) is 9.32. The molecule has 0 radical (unpaired) electrons. The summed E-state index contributed by atoms with van der Waals surface area (Å²) in [7, 11) is 0. The Morgan fingerprint density at radius 3 is 2.88 bits per heavy atom. The highest BCUT2D eigenvalue weighted by Crippen LogP contribution is 2.19. The maximum Gasteiger partial charge on any atom is 0.223 e. The fourth-order valence-corrected chi connectivity index (χ4v) is 1.41. The summed E-state index contributed by atoms with van der Waals surface area (Å²) in [5.41, 5.74) is 8.59. The van der Waals surface area contributed by atoms with Crippen molar-refractivity contribution in [2.24, 2.45) is 0 Å². The Balaban J connectivity index is 2.07. The van der Waals surface area contributed by atoms with Crippen molar-refractivity contribution in [2.45, 2.75) is 20.4 Å². The molecular formula is C11H14N4O. The molecule has 3 N–H and O–H groups in total. The van der Waals surface area contributed by atoms with E-state index in [0.717, 1.165) is 11.3 Å². The zero-order chi connectivity index (χ0) is 11.5. The van der Waals surface area contributed by atoms with E-state index in [4.69, 9.17) is 10.3 Å². The van der Waals surface area contributed by atoms with Crippen molar-refractivity contribution in [1.82, 2.24) is 10.1 Å². The van der Waals surface area contributed by atoms with Crippen LogP contribution in [0, 0.1) is 13.8 Å². The first-order valence-corrected chi connectivity index (χ1v) is 5.04. The van der Waals surface area contributed by atoms with Gasteiger partial charge in [-0.05, 0) is 24.6 Å². The molecule has 1 aromatic heterocycles. The van der Waals surface area contributed by atoms with Crippen LogP contribution in [0.1, 0.15) is 17.3 Å². The standard InChI is InChI=1S/C11H14N4O/c1-7-3-4-9(12)10(5-7)13-6-11-14-8(2)16-15-11/h3-5,13H,6,12H2,1-2H3. The third-order valence-electron chi connectivity index (χ3n) is 2.22. The lowest BCUT2D eigenvalue weighted by Crippen LogP contribution is -2.04. The van der Waals surface area contributed by atoms with Crippen molar-refractivity contribution in [1.29, 1.82) is 0 Å². The molecule has 0 aliphatic carbocycles. The van der Waals surface area contributed by atoms with E-state index in [-0.39, 0.29) is 0 Å². The fraction of sp³-hybridized carbons (Fsp3) is 0.273. The minimum Gasteiger partial charge on any atom is -0.397 e. The molecule has 0 saturated heterocycles. The number of hydrogen-bond donors (Lipinski definition) is 2. The Kier molecular flexibility index (Phi) is 2.76. The van der Waals surface area contributed by atoms with Crippen LogP contribution in [0.3, 0.4) is 0 Å². The third-order valence-corrected chi connectivity index (χ3v) is 2.22. The Morgan fingerprint density at radius 2 is 2.19 bits per heavy atom. The van der Waals surface area contributed by atoms with Gasteiger partial charge in [0.05, 0.1) is 17.9 Å². The van der Waals surface area contributed by atoms with Crippen LogP contribution < -0.4 is 11.1 Å². The quantitative estimate of drug-likeness (QED) is 0.769. The van der Waals surface area contributed by atoms with Gasteiger partial charge in [-0.2, -0.15) is 4.98 Å². The molecule has 1 aromatic carbocycles. The monoisotopic (exact) mass is 218 g/mol. The predicted octanol–water partition coefficient (Wildman–Crippen LogP) is 1.88. The molecule has 0 aliphatic heterocycles. The second-order valence-corrected chi connectivity index (χ2v) is 3.67. The fourth-order valence-electron chi connectivity index (χ4n) is 1.41. The second kappa shape index (κ2) is 4.22. The molecule has 2 rings (SSSR count). The van der Waals surface area contributed by atoms with Crippen molar-refractivity contribution < 1.29 is 4.52 Å². The van der Waals surface area contributed by atoms with Gasteiger partial charge in [-0.25, -0.2) is 0 Å². The predicted molar refractivity (Wildman–Crippen MR) is 62.0 cm³/mol. The van der Waals surface area contributed by atoms with Gasteiger partial charge in [-0.15, -0.1) is 0 Å². The van der Waals surface area contributed by atoms with Crippen LogP contribution in [0.5, 0.6) is 0 Å². The summed E-state index contributed by atoms with van der Waals surface area (Å²) in [5.74, 6) is 1.19. The largest absolute Gasteiger partial charge is 0.397 e. The number of hydrogen-bond acceptors (Lipinski definition) is 5. The lowest BCUT2D eigenvalue weighted by molar-refractivity contribution is 0.388. The number of aromatic nitrogens is 2. The Bertz CT molecular complexity index is 492. The summed E-state index contributed by atoms with van der Waals surface area (Å²) in [5, 5.41) is 6.97. The molecule has 0 fully saturated rings. The first-order valence-electron chi connectivity index (χ1n) is 5.04. The van der Waals surface area contributed by atoms with Crippen molar-refractivity contribution in [3.05, 3.63) is 35.5 Å². The summed E-state index contributed by atoms with van der Waals surface area (Å²) < 4.78 is 4.87. The van der Waals surface area contributed by atoms with Crippen LogP contribution >= 0.6 is 0 Å². The molecule has 5 heteroatoms. The topological polar surface area (TPSA) is 77.0 Å². The number of nitrogens with zero attached hydrogens (tertiary/aromatic N) is 2. The Labute approximate surface area is 93.7 Å². The summed E-state index contributed by atoms with van der Waals surface area (Å²) >= 11 is 0. The number of nitrogens with two attached hydrogens (primary N) is 1. The number of aryl methyl sites for hydroxylation is 2. The van der Waals surface area contributed by atoms with Crippen LogP contribution in [-0.4, -0.2) is 10.1 Å². The third kappa shape index (κ3) is 2.31. The molecule has 0 saturated carbocycles. The first kappa shape index (κ1) is 10.5. The van der Waals surface area contributed by atoms with Crippen molar-refractivity contribution in [3.8, 4) is 0 Å². The smallest absolute Gasteiger partial charge is 0.223 e. The molecule has 16 heavy (non-hydrogen) atoms. The van der Waals surface area contributed by atoms with Gasteiger partial charge < -0.3 is 15.6 Å². The van der Waals surface area contributed by atoms with E-state index in [2.05, 4.69) is 15.5 Å². The minimum absolute atomic E-state index is 0.505. The van der Waals surface area contributed by atoms with E-state index in [1.807, 2.05) is 25.1 Å². The number of anilines is 2. The van der Waals surface area contributed by atoms with Crippen LogP contribution in [0.25, 0.3) is 0 Å². The zero-order valence-corrected chi connectivity index (χ0v) is 9.32. The highest BCUT2D eigenvalue weighted by molar-refractivity contribution is 5.66. The maximum absolute atomic E-state index is 5.83. The van der Waals surface area contributed by atoms with Crippen molar-refractivity contribution in [3.63, 3.8) is 0 Å². The van der Waals surface area contributed by atoms with Crippen LogP contribution in [0.4, 0.5) is 11.4 Å². The van der Waals surface area contributed by atoms with Gasteiger partial charge in [0.1, 0.15) is 0 Å². The van der Waals surface area contributed by atoms with E-state index in [1.165, 1.54) is 0 Å². The number of benzene rings is 1. The van der Waals surface area contributed by atoms with Gasteiger partial charge >= 0.3 is 0 Å². The van der Waals surface area contributed by atoms with Crippen LogP contribution in [0.15, 0.2) is 22.7 Å². The molecule has 84 valence electrons. The van der Waals surface area contributed by atoms with Gasteiger partial charge in [0, 0.05) is 6.92 Å². The molecule has 0 spiro atoms. The molecular weight excluding hydrogens is 204 g/mol. The van der Waals surface area contributed by atoms with E-state index in [9.17, 15) is 0 Å². The maximum atomic E-state index is 5.83. The minimum atomic E-state index is 0.505. The highest BCUT2D eigenvalue weighted by atomic mass is 16.5. The van der Waals surface area contributed by atoms with Crippen LogP contribution in [0.2, 0.25) is 0 Å². The molecule has 1 heterocycles. The van der Waals surface area contributed by atoms with Crippen molar-refractivity contribution >= 4 is 11.4 Å². The Morgan fingerprint density at radius 1 is 1.38 bits per heavy atom. The SMILES string of the molecule is Cc1ccc(N)c(NCc2noc(C)n2)c1. The number of nitrogen functional groups attached to an aromatic ring is 1. The summed E-state index contributed by atoms with van der Waals surface area (Å²) in [6.45, 7) is 4.28. The molecule has 0 bridgehead atoms. The summed E-state index contributed by atoms with van der Waals surface area (Å²) in [6, 6.07) is 5.83.